The highest BCUT2D eigenvalue weighted by molar-refractivity contribution is 5.95. The molecular weight excluding hydrogens is 449 g/mol. The van der Waals surface area contributed by atoms with Gasteiger partial charge in [-0.2, -0.15) is 0 Å². The van der Waals surface area contributed by atoms with Gasteiger partial charge in [-0.15, -0.1) is 24.8 Å². The van der Waals surface area contributed by atoms with Crippen LogP contribution < -0.4 is 21.7 Å². The Balaban J connectivity index is 0.00000256. The maximum Gasteiger partial charge on any atom is 0.242 e. The SMILES string of the molecule is CC[C@H](NC(=O)[C@H]1C[C@H](c2ccccc2)CN1)C(=O)NCc1ccc(C(=N)N)cc1.Cl.Cl. The monoisotopic (exact) mass is 479 g/mol. The number of rotatable bonds is 8. The van der Waals surface area contributed by atoms with E-state index in [4.69, 9.17) is 11.1 Å². The fourth-order valence-electron chi connectivity index (χ4n) is 3.65. The van der Waals surface area contributed by atoms with Crippen molar-refractivity contribution in [1.82, 2.24) is 16.0 Å². The summed E-state index contributed by atoms with van der Waals surface area (Å²) in [5.41, 5.74) is 8.22. The molecule has 1 fully saturated rings. The highest BCUT2D eigenvalue weighted by Crippen LogP contribution is 2.25. The molecule has 0 saturated carbocycles. The van der Waals surface area contributed by atoms with E-state index >= 15 is 0 Å². The summed E-state index contributed by atoms with van der Waals surface area (Å²) in [6.07, 6.45) is 1.23. The fraction of sp³-hybridized carbons (Fsp3) is 0.348. The first-order valence-electron chi connectivity index (χ1n) is 10.3. The van der Waals surface area contributed by atoms with Crippen molar-refractivity contribution in [2.24, 2.45) is 5.73 Å². The fourth-order valence-corrected chi connectivity index (χ4v) is 3.65. The molecule has 6 N–H and O–H groups in total. The van der Waals surface area contributed by atoms with E-state index in [0.29, 0.717) is 24.4 Å². The minimum atomic E-state index is -0.577. The summed E-state index contributed by atoms with van der Waals surface area (Å²) >= 11 is 0. The first-order valence-corrected chi connectivity index (χ1v) is 10.3. The predicted octanol–water partition coefficient (Wildman–Crippen LogP) is 2.47. The van der Waals surface area contributed by atoms with Crippen LogP contribution in [0, 0.1) is 5.41 Å². The molecule has 1 saturated heterocycles. The van der Waals surface area contributed by atoms with Gasteiger partial charge < -0.3 is 21.7 Å². The number of hydrogen-bond donors (Lipinski definition) is 5. The molecule has 0 aliphatic carbocycles. The number of hydrogen-bond acceptors (Lipinski definition) is 4. The van der Waals surface area contributed by atoms with Crippen molar-refractivity contribution in [2.75, 3.05) is 6.54 Å². The van der Waals surface area contributed by atoms with Crippen LogP contribution in [0.1, 0.15) is 42.4 Å². The lowest BCUT2D eigenvalue weighted by atomic mass is 9.96. The van der Waals surface area contributed by atoms with Crippen molar-refractivity contribution in [3.8, 4) is 0 Å². The van der Waals surface area contributed by atoms with Gasteiger partial charge in [-0.3, -0.25) is 15.0 Å². The zero-order valence-electron chi connectivity index (χ0n) is 18.0. The number of carbonyl (C=O) groups is 2. The molecule has 0 spiro atoms. The summed E-state index contributed by atoms with van der Waals surface area (Å²) < 4.78 is 0. The summed E-state index contributed by atoms with van der Waals surface area (Å²) in [6, 6.07) is 16.4. The van der Waals surface area contributed by atoms with E-state index in [2.05, 4.69) is 28.1 Å². The molecule has 3 rings (SSSR count). The van der Waals surface area contributed by atoms with Gasteiger partial charge in [0.05, 0.1) is 6.04 Å². The van der Waals surface area contributed by atoms with Gasteiger partial charge in [0, 0.05) is 18.7 Å². The van der Waals surface area contributed by atoms with Crippen LogP contribution in [0.25, 0.3) is 0 Å². The van der Waals surface area contributed by atoms with Crippen molar-refractivity contribution in [3.63, 3.8) is 0 Å². The van der Waals surface area contributed by atoms with Gasteiger partial charge >= 0.3 is 0 Å². The summed E-state index contributed by atoms with van der Waals surface area (Å²) in [4.78, 5) is 25.2. The van der Waals surface area contributed by atoms with Gasteiger partial charge in [0.1, 0.15) is 11.9 Å². The van der Waals surface area contributed by atoms with Crippen molar-refractivity contribution < 1.29 is 9.59 Å². The minimum absolute atomic E-state index is 0. The van der Waals surface area contributed by atoms with Gasteiger partial charge in [-0.05, 0) is 29.9 Å². The number of nitrogens with one attached hydrogen (secondary N) is 4. The van der Waals surface area contributed by atoms with Crippen molar-refractivity contribution in [2.45, 2.75) is 44.3 Å². The Bertz CT molecular complexity index is 893. The van der Waals surface area contributed by atoms with E-state index in [0.717, 1.165) is 18.5 Å². The van der Waals surface area contributed by atoms with Gasteiger partial charge in [0.25, 0.3) is 0 Å². The molecule has 2 amide bonds. The van der Waals surface area contributed by atoms with E-state index < -0.39 is 6.04 Å². The summed E-state index contributed by atoms with van der Waals surface area (Å²) in [6.45, 7) is 2.98. The van der Waals surface area contributed by atoms with Crippen LogP contribution >= 0.6 is 24.8 Å². The lowest BCUT2D eigenvalue weighted by molar-refractivity contribution is -0.130. The average molecular weight is 480 g/mol. The Morgan fingerprint density at radius 3 is 2.38 bits per heavy atom. The minimum Gasteiger partial charge on any atom is -0.384 e. The molecule has 9 heteroatoms. The number of halogens is 2. The Kier molecular flexibility index (Phi) is 11.2. The molecule has 1 aliphatic rings. The maximum absolute atomic E-state index is 12.7. The van der Waals surface area contributed by atoms with Crippen LogP contribution in [0.4, 0.5) is 0 Å². The smallest absolute Gasteiger partial charge is 0.242 e. The zero-order chi connectivity index (χ0) is 21.5. The molecule has 1 aliphatic heterocycles. The number of nitrogen functional groups attached to an aromatic ring is 1. The maximum atomic E-state index is 12.7. The van der Waals surface area contributed by atoms with Crippen LogP contribution in [0.3, 0.4) is 0 Å². The Morgan fingerprint density at radius 2 is 1.78 bits per heavy atom. The van der Waals surface area contributed by atoms with Crippen molar-refractivity contribution in [1.29, 1.82) is 5.41 Å². The average Bonchev–Trinajstić information content (AvgIpc) is 3.27. The lowest BCUT2D eigenvalue weighted by Gasteiger charge is -2.19. The number of carbonyl (C=O) groups excluding carboxylic acids is 2. The predicted molar refractivity (Wildman–Crippen MR) is 132 cm³/mol. The second kappa shape index (κ2) is 13.1. The molecule has 0 unspecified atom stereocenters. The molecule has 2 aromatic carbocycles. The van der Waals surface area contributed by atoms with Crippen LogP contribution in [0.2, 0.25) is 0 Å². The van der Waals surface area contributed by atoms with Gasteiger partial charge in [0.15, 0.2) is 0 Å². The Morgan fingerprint density at radius 1 is 1.12 bits per heavy atom. The molecule has 1 heterocycles. The summed E-state index contributed by atoms with van der Waals surface area (Å²) in [5.74, 6) is -0.0384. The molecule has 0 bridgehead atoms. The van der Waals surface area contributed by atoms with Crippen LogP contribution in [0.15, 0.2) is 54.6 Å². The lowest BCUT2D eigenvalue weighted by Crippen LogP contribution is -2.51. The van der Waals surface area contributed by atoms with Gasteiger partial charge in [0.2, 0.25) is 11.8 Å². The highest BCUT2D eigenvalue weighted by Gasteiger charge is 2.32. The first kappa shape index (κ1) is 27.4. The van der Waals surface area contributed by atoms with E-state index in [9.17, 15) is 9.59 Å². The quantitative estimate of drug-likeness (QED) is 0.295. The van der Waals surface area contributed by atoms with Crippen molar-refractivity contribution in [3.05, 3.63) is 71.3 Å². The van der Waals surface area contributed by atoms with Crippen molar-refractivity contribution >= 4 is 42.5 Å². The standard InChI is InChI=1S/C23H29N5O2.2ClH/c1-2-19(22(29)27-13-15-8-10-17(11-9-15)21(24)25)28-23(30)20-12-18(14-26-20)16-6-4-3-5-7-16;;/h3-11,18-20,26H,2,12-14H2,1H3,(H3,24,25)(H,27,29)(H,28,30);2*1H/t18-,19-,20+;;/m0../s1. The summed E-state index contributed by atoms with van der Waals surface area (Å²) in [5, 5.41) is 16.4. The van der Waals surface area contributed by atoms with Crippen LogP contribution in [-0.2, 0) is 16.1 Å². The second-order valence-electron chi connectivity index (χ2n) is 7.60. The molecule has 0 aromatic heterocycles. The number of nitrogens with two attached hydrogens (primary N) is 1. The third-order valence-electron chi connectivity index (χ3n) is 5.49. The molecule has 32 heavy (non-hydrogen) atoms. The van der Waals surface area contributed by atoms with Crippen LogP contribution in [-0.4, -0.2) is 36.3 Å². The summed E-state index contributed by atoms with van der Waals surface area (Å²) in [7, 11) is 0. The molecule has 7 nitrogen and oxygen atoms in total. The van der Waals surface area contributed by atoms with E-state index in [1.54, 1.807) is 12.1 Å². The highest BCUT2D eigenvalue weighted by atomic mass is 35.5. The number of benzene rings is 2. The third-order valence-corrected chi connectivity index (χ3v) is 5.49. The van der Waals surface area contributed by atoms with Gasteiger partial charge in [-0.25, -0.2) is 0 Å². The van der Waals surface area contributed by atoms with E-state index in [-0.39, 0.29) is 48.5 Å². The normalized spacial score (nSPS) is 17.9. The van der Waals surface area contributed by atoms with E-state index in [1.165, 1.54) is 5.56 Å². The topological polar surface area (TPSA) is 120 Å². The zero-order valence-corrected chi connectivity index (χ0v) is 19.6. The molecule has 3 atom stereocenters. The molecule has 0 radical (unpaired) electrons. The van der Waals surface area contributed by atoms with Crippen LogP contribution in [0.5, 0.6) is 0 Å². The molecule has 2 aromatic rings. The van der Waals surface area contributed by atoms with E-state index in [1.807, 2.05) is 37.3 Å². The second-order valence-corrected chi connectivity index (χ2v) is 7.60. The third kappa shape index (κ3) is 7.22. The number of amidine groups is 1. The Hall–Kier alpha value is -2.61. The molecule has 174 valence electrons. The Labute approximate surface area is 201 Å². The largest absolute Gasteiger partial charge is 0.384 e. The van der Waals surface area contributed by atoms with Gasteiger partial charge in [-0.1, -0.05) is 61.5 Å². The first-order chi connectivity index (χ1) is 14.5. The molecular formula is C23H31Cl2N5O2. The number of amides is 2.